The SMILES string of the molecule is CN1CCN(C)C(Cc2nc3c(s2)C(=O)CCC3)C1. The molecule has 0 aromatic carbocycles. The minimum Gasteiger partial charge on any atom is -0.304 e. The van der Waals surface area contributed by atoms with Gasteiger partial charge in [-0.05, 0) is 26.9 Å². The molecule has 1 saturated heterocycles. The number of thiazole rings is 1. The van der Waals surface area contributed by atoms with Crippen LogP contribution in [0.15, 0.2) is 0 Å². The first-order chi connectivity index (χ1) is 9.13. The maximum Gasteiger partial charge on any atom is 0.174 e. The molecule has 1 aromatic heterocycles. The minimum atomic E-state index is 0.305. The lowest BCUT2D eigenvalue weighted by Crippen LogP contribution is -2.50. The molecule has 4 nitrogen and oxygen atoms in total. The van der Waals surface area contributed by atoms with Crippen LogP contribution in [-0.4, -0.2) is 60.3 Å². The molecule has 0 N–H and O–H groups in total. The summed E-state index contributed by atoms with van der Waals surface area (Å²) in [5.41, 5.74) is 1.06. The molecule has 1 aromatic rings. The molecule has 0 spiro atoms. The van der Waals surface area contributed by atoms with Crippen LogP contribution in [0.25, 0.3) is 0 Å². The van der Waals surface area contributed by atoms with E-state index in [-0.39, 0.29) is 0 Å². The van der Waals surface area contributed by atoms with Crippen LogP contribution in [-0.2, 0) is 12.8 Å². The first-order valence-corrected chi connectivity index (χ1v) is 7.85. The smallest absolute Gasteiger partial charge is 0.174 e. The van der Waals surface area contributed by atoms with E-state index in [9.17, 15) is 4.79 Å². The summed E-state index contributed by atoms with van der Waals surface area (Å²) < 4.78 is 0. The summed E-state index contributed by atoms with van der Waals surface area (Å²) in [4.78, 5) is 22.3. The summed E-state index contributed by atoms with van der Waals surface area (Å²) in [6.45, 7) is 3.35. The van der Waals surface area contributed by atoms with Gasteiger partial charge in [-0.2, -0.15) is 0 Å². The molecule has 0 radical (unpaired) electrons. The first-order valence-electron chi connectivity index (χ1n) is 7.04. The van der Waals surface area contributed by atoms with Crippen molar-refractivity contribution in [1.29, 1.82) is 0 Å². The fourth-order valence-corrected chi connectivity index (χ4v) is 4.08. The van der Waals surface area contributed by atoms with Gasteiger partial charge in [-0.25, -0.2) is 4.98 Å². The lowest BCUT2D eigenvalue weighted by molar-refractivity contribution is 0.0976. The number of nitrogens with zero attached hydrogens (tertiary/aromatic N) is 3. The molecule has 2 aliphatic rings. The van der Waals surface area contributed by atoms with Crippen molar-refractivity contribution in [3.63, 3.8) is 0 Å². The Morgan fingerprint density at radius 3 is 2.95 bits per heavy atom. The number of piperazine rings is 1. The highest BCUT2D eigenvalue weighted by Crippen LogP contribution is 2.28. The summed E-state index contributed by atoms with van der Waals surface area (Å²) in [5.74, 6) is 0.305. The third-order valence-corrected chi connectivity index (χ3v) is 5.36. The van der Waals surface area contributed by atoms with Gasteiger partial charge in [-0.1, -0.05) is 0 Å². The number of hydrogen-bond acceptors (Lipinski definition) is 5. The predicted octanol–water partition coefficient (Wildman–Crippen LogP) is 1.45. The van der Waals surface area contributed by atoms with Gasteiger partial charge >= 0.3 is 0 Å². The monoisotopic (exact) mass is 279 g/mol. The molecule has 104 valence electrons. The third-order valence-electron chi connectivity index (χ3n) is 4.20. The van der Waals surface area contributed by atoms with E-state index in [0.29, 0.717) is 18.2 Å². The zero-order valence-corrected chi connectivity index (χ0v) is 12.5. The van der Waals surface area contributed by atoms with Gasteiger partial charge in [0.05, 0.1) is 15.6 Å². The number of carbonyl (C=O) groups excluding carboxylic acids is 1. The molecule has 1 unspecified atom stereocenters. The summed E-state index contributed by atoms with van der Waals surface area (Å²) >= 11 is 1.63. The van der Waals surface area contributed by atoms with Crippen molar-refractivity contribution in [2.75, 3.05) is 33.7 Å². The Kier molecular flexibility index (Phi) is 3.69. The Morgan fingerprint density at radius 1 is 1.32 bits per heavy atom. The number of hydrogen-bond donors (Lipinski definition) is 0. The van der Waals surface area contributed by atoms with E-state index in [1.807, 2.05) is 0 Å². The molecule has 2 heterocycles. The summed E-state index contributed by atoms with van der Waals surface area (Å²) in [6, 6.07) is 0.529. The van der Waals surface area contributed by atoms with Crippen LogP contribution in [0.2, 0.25) is 0 Å². The molecule has 1 aliphatic carbocycles. The Labute approximate surface area is 118 Å². The second-order valence-corrected chi connectivity index (χ2v) is 6.84. The molecule has 1 fully saturated rings. The molecule has 19 heavy (non-hydrogen) atoms. The highest BCUT2D eigenvalue weighted by atomic mass is 32.1. The molecule has 3 rings (SSSR count). The Morgan fingerprint density at radius 2 is 2.16 bits per heavy atom. The normalized spacial score (nSPS) is 25.6. The van der Waals surface area contributed by atoms with Crippen LogP contribution < -0.4 is 0 Å². The van der Waals surface area contributed by atoms with Gasteiger partial charge in [0.1, 0.15) is 0 Å². The number of fused-ring (bicyclic) bond motifs is 1. The van der Waals surface area contributed by atoms with E-state index in [1.165, 1.54) is 0 Å². The van der Waals surface area contributed by atoms with Gasteiger partial charge in [0, 0.05) is 38.5 Å². The van der Waals surface area contributed by atoms with Gasteiger partial charge in [-0.15, -0.1) is 11.3 Å². The topological polar surface area (TPSA) is 36.4 Å². The van der Waals surface area contributed by atoms with Gasteiger partial charge in [-0.3, -0.25) is 4.79 Å². The second kappa shape index (κ2) is 5.31. The number of aromatic nitrogens is 1. The van der Waals surface area contributed by atoms with Crippen molar-refractivity contribution in [3.05, 3.63) is 15.6 Å². The maximum atomic E-state index is 11.9. The molecule has 0 bridgehead atoms. The predicted molar refractivity (Wildman–Crippen MR) is 77.0 cm³/mol. The Bertz CT molecular complexity index is 485. The highest BCUT2D eigenvalue weighted by molar-refractivity contribution is 7.13. The van der Waals surface area contributed by atoms with E-state index < -0.39 is 0 Å². The fraction of sp³-hybridized carbons (Fsp3) is 0.714. The average Bonchev–Trinajstić information content (AvgIpc) is 2.78. The molecule has 1 atom stereocenters. The van der Waals surface area contributed by atoms with Gasteiger partial charge in [0.15, 0.2) is 5.78 Å². The lowest BCUT2D eigenvalue weighted by Gasteiger charge is -2.37. The number of rotatable bonds is 2. The van der Waals surface area contributed by atoms with Gasteiger partial charge in [0.2, 0.25) is 0 Å². The van der Waals surface area contributed by atoms with E-state index in [1.54, 1.807) is 11.3 Å². The number of ketones is 1. The van der Waals surface area contributed by atoms with E-state index in [2.05, 4.69) is 23.9 Å². The minimum absolute atomic E-state index is 0.305. The van der Waals surface area contributed by atoms with Crippen LogP contribution in [0.5, 0.6) is 0 Å². The Balaban J connectivity index is 1.74. The molecular weight excluding hydrogens is 258 g/mol. The van der Waals surface area contributed by atoms with Crippen LogP contribution in [0.1, 0.15) is 33.2 Å². The van der Waals surface area contributed by atoms with Crippen LogP contribution in [0.4, 0.5) is 0 Å². The fourth-order valence-electron chi connectivity index (χ4n) is 2.93. The van der Waals surface area contributed by atoms with E-state index >= 15 is 0 Å². The highest BCUT2D eigenvalue weighted by Gasteiger charge is 2.26. The van der Waals surface area contributed by atoms with Crippen LogP contribution in [0, 0.1) is 0 Å². The van der Waals surface area contributed by atoms with E-state index in [4.69, 9.17) is 4.98 Å². The molecule has 1 aliphatic heterocycles. The molecule has 0 amide bonds. The zero-order chi connectivity index (χ0) is 13.4. The van der Waals surface area contributed by atoms with Crippen molar-refractivity contribution < 1.29 is 4.79 Å². The molecule has 0 saturated carbocycles. The number of carbonyl (C=O) groups is 1. The average molecular weight is 279 g/mol. The van der Waals surface area contributed by atoms with Crippen molar-refractivity contribution in [2.45, 2.75) is 31.7 Å². The van der Waals surface area contributed by atoms with Crippen molar-refractivity contribution >= 4 is 17.1 Å². The number of aryl methyl sites for hydroxylation is 1. The molecular formula is C14H21N3OS. The quantitative estimate of drug-likeness (QED) is 0.821. The number of Topliss-reactive ketones (excluding diaryl/α,β-unsaturated/α-hetero) is 1. The van der Waals surface area contributed by atoms with Gasteiger partial charge < -0.3 is 9.80 Å². The summed E-state index contributed by atoms with van der Waals surface area (Å²) in [5, 5.41) is 1.15. The van der Waals surface area contributed by atoms with Crippen molar-refractivity contribution in [3.8, 4) is 0 Å². The summed E-state index contributed by atoms with van der Waals surface area (Å²) in [7, 11) is 4.37. The van der Waals surface area contributed by atoms with E-state index in [0.717, 1.165) is 54.5 Å². The second-order valence-electron chi connectivity index (χ2n) is 5.76. The number of likely N-dealkylation sites (N-methyl/N-ethyl adjacent to an activating group) is 2. The lowest BCUT2D eigenvalue weighted by atomic mass is 10.0. The largest absolute Gasteiger partial charge is 0.304 e. The first kappa shape index (κ1) is 13.2. The van der Waals surface area contributed by atoms with Crippen LogP contribution in [0.3, 0.4) is 0 Å². The Hall–Kier alpha value is -0.780. The zero-order valence-electron chi connectivity index (χ0n) is 11.7. The standard InChI is InChI=1S/C14H21N3OS/c1-16-6-7-17(2)10(9-16)8-13-15-11-4-3-5-12(18)14(11)19-13/h10H,3-9H2,1-2H3. The van der Waals surface area contributed by atoms with Crippen molar-refractivity contribution in [1.82, 2.24) is 14.8 Å². The third kappa shape index (κ3) is 2.73. The summed E-state index contributed by atoms with van der Waals surface area (Å²) in [6.07, 6.45) is 3.64. The van der Waals surface area contributed by atoms with Crippen LogP contribution >= 0.6 is 11.3 Å². The molecule has 5 heteroatoms. The van der Waals surface area contributed by atoms with Gasteiger partial charge in [0.25, 0.3) is 0 Å². The maximum absolute atomic E-state index is 11.9. The van der Waals surface area contributed by atoms with Crippen molar-refractivity contribution in [2.24, 2.45) is 0 Å².